The summed E-state index contributed by atoms with van der Waals surface area (Å²) in [4.78, 5) is 15.3. The number of allylic oxidation sites excluding steroid dienone is 1. The Hall–Kier alpha value is -3.66. The monoisotopic (exact) mass is 535 g/mol. The number of benzene rings is 3. The summed E-state index contributed by atoms with van der Waals surface area (Å²) in [7, 11) is 0. The first-order valence-corrected chi connectivity index (χ1v) is 15.3. The zero-order valence-corrected chi connectivity index (χ0v) is 24.4. The summed E-state index contributed by atoms with van der Waals surface area (Å²) >= 11 is 0. The highest BCUT2D eigenvalue weighted by Crippen LogP contribution is 2.36. The van der Waals surface area contributed by atoms with Gasteiger partial charge in [-0.25, -0.2) is 4.79 Å². The van der Waals surface area contributed by atoms with Crippen LogP contribution >= 0.6 is 0 Å². The highest BCUT2D eigenvalue weighted by Gasteiger charge is 2.30. The maximum absolute atomic E-state index is 13.0. The van der Waals surface area contributed by atoms with Crippen LogP contribution in [-0.4, -0.2) is 29.9 Å². The molecule has 0 radical (unpaired) electrons. The van der Waals surface area contributed by atoms with Gasteiger partial charge in [-0.2, -0.15) is 4.58 Å². The minimum Gasteiger partial charge on any atom is -0.422 e. The van der Waals surface area contributed by atoms with E-state index in [1.54, 1.807) is 0 Å². The van der Waals surface area contributed by atoms with Gasteiger partial charge in [0, 0.05) is 48.8 Å². The molecule has 0 fully saturated rings. The molecule has 0 saturated heterocycles. The first-order valence-electron chi connectivity index (χ1n) is 15.3. The van der Waals surface area contributed by atoms with Gasteiger partial charge in [-0.3, -0.25) is 0 Å². The van der Waals surface area contributed by atoms with Gasteiger partial charge in [-0.15, -0.1) is 0 Å². The van der Waals surface area contributed by atoms with Crippen molar-refractivity contribution in [1.82, 2.24) is 0 Å². The topological polar surface area (TPSA) is 36.5 Å². The smallest absolute Gasteiger partial charge is 0.343 e. The highest BCUT2D eigenvalue weighted by molar-refractivity contribution is 6.20. The SMILES string of the molecule is CCCCCCCCCC[N+]1=C(/C=C/c2cc3ccc(N(CC)CC)cc3oc2=O)c2cccc3cccc1c23. The van der Waals surface area contributed by atoms with Gasteiger partial charge in [0.25, 0.3) is 0 Å². The van der Waals surface area contributed by atoms with E-state index in [4.69, 9.17) is 4.42 Å². The van der Waals surface area contributed by atoms with E-state index in [9.17, 15) is 4.79 Å². The second-order valence-electron chi connectivity index (χ2n) is 10.9. The van der Waals surface area contributed by atoms with Gasteiger partial charge in [-0.05, 0) is 56.0 Å². The van der Waals surface area contributed by atoms with Crippen LogP contribution in [0.15, 0.2) is 76.0 Å². The molecule has 0 atom stereocenters. The molecule has 1 aliphatic rings. The van der Waals surface area contributed by atoms with Crippen molar-refractivity contribution in [3.8, 4) is 0 Å². The van der Waals surface area contributed by atoms with Crippen LogP contribution in [0.1, 0.15) is 83.3 Å². The molecular weight excluding hydrogens is 492 g/mol. The molecule has 40 heavy (non-hydrogen) atoms. The van der Waals surface area contributed by atoms with E-state index >= 15 is 0 Å². The molecule has 0 spiro atoms. The Morgan fingerprint density at radius 1 is 0.775 bits per heavy atom. The van der Waals surface area contributed by atoms with Crippen molar-refractivity contribution in [2.75, 3.05) is 24.5 Å². The molecule has 1 aromatic heterocycles. The first-order chi connectivity index (χ1) is 19.6. The Labute approximate surface area is 238 Å². The largest absolute Gasteiger partial charge is 0.422 e. The van der Waals surface area contributed by atoms with Gasteiger partial charge in [0.15, 0.2) is 0 Å². The molecule has 0 saturated carbocycles. The third-order valence-corrected chi connectivity index (χ3v) is 8.27. The number of anilines is 1. The van der Waals surface area contributed by atoms with Crippen molar-refractivity contribution in [2.24, 2.45) is 0 Å². The number of rotatable bonds is 14. The zero-order chi connectivity index (χ0) is 27.9. The third-order valence-electron chi connectivity index (χ3n) is 8.27. The minimum atomic E-state index is -0.301. The van der Waals surface area contributed by atoms with Gasteiger partial charge >= 0.3 is 5.63 Å². The van der Waals surface area contributed by atoms with E-state index in [1.165, 1.54) is 67.0 Å². The molecule has 208 valence electrons. The summed E-state index contributed by atoms with van der Waals surface area (Å²) in [5.41, 5.74) is 5.64. The number of nitrogens with zero attached hydrogens (tertiary/aromatic N) is 2. The molecule has 0 unspecified atom stereocenters. The average molecular weight is 536 g/mol. The molecule has 0 bridgehead atoms. The second kappa shape index (κ2) is 13.1. The summed E-state index contributed by atoms with van der Waals surface area (Å²) in [5.74, 6) is 0. The van der Waals surface area contributed by atoms with Crippen molar-refractivity contribution in [1.29, 1.82) is 0 Å². The molecule has 3 aromatic carbocycles. The molecule has 4 heteroatoms. The summed E-state index contributed by atoms with van der Waals surface area (Å²) in [6.07, 6.45) is 14.5. The van der Waals surface area contributed by atoms with Crippen LogP contribution in [-0.2, 0) is 0 Å². The van der Waals surface area contributed by atoms with E-state index in [0.717, 1.165) is 42.8 Å². The number of fused-ring (bicyclic) bond motifs is 1. The zero-order valence-electron chi connectivity index (χ0n) is 24.4. The van der Waals surface area contributed by atoms with Crippen molar-refractivity contribution >= 4 is 44.9 Å². The fraction of sp³-hybridized carbons (Fsp3) is 0.389. The van der Waals surface area contributed by atoms with Gasteiger partial charge < -0.3 is 9.32 Å². The van der Waals surface area contributed by atoms with Crippen LogP contribution < -0.4 is 10.5 Å². The quantitative estimate of drug-likeness (QED) is 0.0918. The van der Waals surface area contributed by atoms with Crippen LogP contribution in [0.2, 0.25) is 0 Å². The molecular formula is C36H43N2O2+. The Morgan fingerprint density at radius 2 is 1.50 bits per heavy atom. The number of unbranched alkanes of at least 4 members (excludes halogenated alkanes) is 7. The maximum Gasteiger partial charge on any atom is 0.343 e. The minimum absolute atomic E-state index is 0.301. The van der Waals surface area contributed by atoms with E-state index in [1.807, 2.05) is 18.2 Å². The summed E-state index contributed by atoms with van der Waals surface area (Å²) in [6.45, 7) is 9.34. The normalized spacial score (nSPS) is 12.9. The van der Waals surface area contributed by atoms with Gasteiger partial charge in [0.1, 0.15) is 12.1 Å². The molecule has 4 aromatic rings. The fourth-order valence-electron chi connectivity index (χ4n) is 6.05. The van der Waals surface area contributed by atoms with Crippen molar-refractivity contribution < 1.29 is 8.99 Å². The Bertz CT molecular complexity index is 1580. The molecule has 0 amide bonds. The summed E-state index contributed by atoms with van der Waals surface area (Å²) < 4.78 is 8.25. The van der Waals surface area contributed by atoms with Crippen LogP contribution in [0.3, 0.4) is 0 Å². The molecule has 1 aliphatic heterocycles. The van der Waals surface area contributed by atoms with Crippen molar-refractivity contribution in [3.05, 3.63) is 88.3 Å². The number of hydrogen-bond acceptors (Lipinski definition) is 3. The third kappa shape index (κ3) is 5.91. The Balaban J connectivity index is 1.41. The molecule has 0 N–H and O–H groups in total. The highest BCUT2D eigenvalue weighted by atomic mass is 16.4. The molecule has 5 rings (SSSR count). The van der Waals surface area contributed by atoms with Gasteiger partial charge in [-0.1, -0.05) is 69.7 Å². The van der Waals surface area contributed by atoms with Gasteiger partial charge in [0.05, 0.1) is 16.5 Å². The van der Waals surface area contributed by atoms with Crippen molar-refractivity contribution in [2.45, 2.75) is 72.1 Å². The van der Waals surface area contributed by atoms with E-state index < -0.39 is 0 Å². The lowest BCUT2D eigenvalue weighted by molar-refractivity contribution is -0.436. The standard InChI is InChI=1S/C36H43N2O2/c1-4-7-8-9-10-11-12-13-24-38-32(31-18-14-16-27-17-15-19-33(38)35(27)31)23-21-29-25-28-20-22-30(37(5-2)6-3)26-34(28)40-36(29)39/h14-23,25-26H,4-13,24H2,1-3H3/q+1. The Morgan fingerprint density at radius 3 is 2.25 bits per heavy atom. The number of hydrogen-bond donors (Lipinski definition) is 0. The van der Waals surface area contributed by atoms with Crippen LogP contribution in [0, 0.1) is 0 Å². The summed E-state index contributed by atoms with van der Waals surface area (Å²) in [5, 5.41) is 3.50. The summed E-state index contributed by atoms with van der Waals surface area (Å²) in [6, 6.07) is 21.2. The van der Waals surface area contributed by atoms with E-state index in [0.29, 0.717) is 11.1 Å². The van der Waals surface area contributed by atoms with Crippen molar-refractivity contribution in [3.63, 3.8) is 0 Å². The van der Waals surface area contributed by atoms with Crippen LogP contribution in [0.25, 0.3) is 27.8 Å². The maximum atomic E-state index is 13.0. The van der Waals surface area contributed by atoms with Crippen LogP contribution in [0.5, 0.6) is 0 Å². The lowest BCUT2D eigenvalue weighted by Crippen LogP contribution is -2.21. The molecule has 2 heterocycles. The second-order valence-corrected chi connectivity index (χ2v) is 10.9. The predicted molar refractivity (Wildman–Crippen MR) is 171 cm³/mol. The van der Waals surface area contributed by atoms with Crippen LogP contribution in [0.4, 0.5) is 11.4 Å². The van der Waals surface area contributed by atoms with E-state index in [2.05, 4.69) is 84.9 Å². The first kappa shape index (κ1) is 27.9. The lowest BCUT2D eigenvalue weighted by Gasteiger charge is -2.20. The fourth-order valence-corrected chi connectivity index (χ4v) is 6.05. The Kier molecular flexibility index (Phi) is 9.15. The van der Waals surface area contributed by atoms with E-state index in [-0.39, 0.29) is 5.63 Å². The predicted octanol–water partition coefficient (Wildman–Crippen LogP) is 9.09. The van der Waals surface area contributed by atoms with Gasteiger partial charge in [0.2, 0.25) is 11.4 Å². The average Bonchev–Trinajstić information content (AvgIpc) is 3.28. The molecule has 0 aliphatic carbocycles. The lowest BCUT2D eigenvalue weighted by atomic mass is 10.0. The molecule has 4 nitrogen and oxygen atoms in total.